The van der Waals surface area contributed by atoms with Crippen molar-refractivity contribution >= 4 is 6.03 Å². The van der Waals surface area contributed by atoms with Crippen LogP contribution in [-0.4, -0.2) is 60.3 Å². The number of aliphatic hydroxyl groups is 1. The number of nitrogens with one attached hydrogen (secondary N) is 1. The molecule has 128 valence electrons. The van der Waals surface area contributed by atoms with E-state index >= 15 is 0 Å². The average molecular weight is 319 g/mol. The molecule has 1 aromatic carbocycles. The van der Waals surface area contributed by atoms with Gasteiger partial charge in [-0.3, -0.25) is 0 Å². The van der Waals surface area contributed by atoms with E-state index in [9.17, 15) is 9.90 Å². The smallest absolute Gasteiger partial charge is 0.318 e. The first-order chi connectivity index (χ1) is 10.9. The summed E-state index contributed by atoms with van der Waals surface area (Å²) in [5.74, 6) is 0. The number of likely N-dealkylation sites (N-methyl/N-ethyl adjacent to an activating group) is 1. The maximum Gasteiger partial charge on any atom is 0.318 e. The van der Waals surface area contributed by atoms with Gasteiger partial charge in [-0.2, -0.15) is 0 Å². The fraction of sp³-hybridized carbons (Fsp3) is 0.611. The highest BCUT2D eigenvalue weighted by Crippen LogP contribution is 2.35. The first-order valence-electron chi connectivity index (χ1n) is 8.27. The zero-order valence-corrected chi connectivity index (χ0v) is 14.7. The van der Waals surface area contributed by atoms with Gasteiger partial charge in [0.1, 0.15) is 0 Å². The van der Waals surface area contributed by atoms with Gasteiger partial charge in [-0.1, -0.05) is 24.3 Å². The number of rotatable bonds is 6. The third-order valence-electron chi connectivity index (χ3n) is 4.96. The minimum Gasteiger partial charge on any atom is -0.395 e. The number of fused-ring (bicyclic) bond motifs is 1. The number of hydrogen-bond acceptors (Lipinski definition) is 3. The molecule has 1 unspecified atom stereocenters. The third kappa shape index (κ3) is 4.03. The number of hydrogen-bond donors (Lipinski definition) is 2. The number of carbonyl (C=O) groups excluding carboxylic acids is 1. The Balaban J connectivity index is 2.09. The first-order valence-corrected chi connectivity index (χ1v) is 8.27. The van der Waals surface area contributed by atoms with Crippen LogP contribution in [0.3, 0.4) is 0 Å². The summed E-state index contributed by atoms with van der Waals surface area (Å²) in [4.78, 5) is 16.6. The average Bonchev–Trinajstić information content (AvgIpc) is 2.94. The topological polar surface area (TPSA) is 55.8 Å². The number of aryl methyl sites for hydroxylation is 1. The van der Waals surface area contributed by atoms with Crippen LogP contribution in [0, 0.1) is 0 Å². The van der Waals surface area contributed by atoms with Crippen molar-refractivity contribution < 1.29 is 9.90 Å². The Hall–Kier alpha value is -1.59. The molecule has 0 bridgehead atoms. The number of aliphatic hydroxyl groups excluding tert-OH is 1. The summed E-state index contributed by atoms with van der Waals surface area (Å²) in [5, 5.41) is 12.4. The van der Waals surface area contributed by atoms with E-state index in [2.05, 4.69) is 36.2 Å². The molecular formula is C18H29N3O2. The zero-order chi connectivity index (χ0) is 17.0. The Bertz CT molecular complexity index is 543. The third-order valence-corrected chi connectivity index (χ3v) is 4.96. The zero-order valence-electron chi connectivity index (χ0n) is 14.7. The minimum absolute atomic E-state index is 0.0246. The van der Waals surface area contributed by atoms with E-state index in [1.54, 1.807) is 4.90 Å². The van der Waals surface area contributed by atoms with Crippen LogP contribution in [0.1, 0.15) is 37.4 Å². The second-order valence-electron chi connectivity index (χ2n) is 7.04. The molecule has 0 saturated carbocycles. The number of nitrogens with zero attached hydrogens (tertiary/aromatic N) is 2. The van der Waals surface area contributed by atoms with Crippen molar-refractivity contribution in [1.82, 2.24) is 15.1 Å². The predicted molar refractivity (Wildman–Crippen MR) is 92.5 cm³/mol. The summed E-state index contributed by atoms with van der Waals surface area (Å²) >= 11 is 0. The maximum absolute atomic E-state index is 12.7. The van der Waals surface area contributed by atoms with E-state index in [1.807, 2.05) is 26.2 Å². The quantitative estimate of drug-likeness (QED) is 0.843. The standard InChI is InChI=1S/C18H29N3O2/c1-18(2,20(3)4)13-19-17(23)21(11-12-22)16-10-9-14-7-5-6-8-15(14)16/h5-8,16,22H,9-13H2,1-4H3,(H,19,23). The monoisotopic (exact) mass is 319 g/mol. The van der Waals surface area contributed by atoms with Crippen molar-refractivity contribution in [3.63, 3.8) is 0 Å². The largest absolute Gasteiger partial charge is 0.395 e. The van der Waals surface area contributed by atoms with Crippen LogP contribution in [0.5, 0.6) is 0 Å². The lowest BCUT2D eigenvalue weighted by Gasteiger charge is -2.35. The summed E-state index contributed by atoms with van der Waals surface area (Å²) in [6.45, 7) is 5.08. The Labute approximate surface area is 139 Å². The van der Waals surface area contributed by atoms with Crippen LogP contribution in [-0.2, 0) is 6.42 Å². The highest BCUT2D eigenvalue weighted by atomic mass is 16.3. The van der Waals surface area contributed by atoms with Gasteiger partial charge in [0.15, 0.2) is 0 Å². The molecule has 2 N–H and O–H groups in total. The highest BCUT2D eigenvalue weighted by Gasteiger charge is 2.31. The molecule has 0 spiro atoms. The molecule has 0 saturated heterocycles. The highest BCUT2D eigenvalue weighted by molar-refractivity contribution is 5.75. The van der Waals surface area contributed by atoms with Gasteiger partial charge in [0.05, 0.1) is 12.6 Å². The van der Waals surface area contributed by atoms with Crippen molar-refractivity contribution in [2.75, 3.05) is 33.8 Å². The Kier molecular flexibility index (Phi) is 5.65. The lowest BCUT2D eigenvalue weighted by molar-refractivity contribution is 0.141. The van der Waals surface area contributed by atoms with Gasteiger partial charge in [0, 0.05) is 18.6 Å². The number of amides is 2. The molecular weight excluding hydrogens is 290 g/mol. The van der Waals surface area contributed by atoms with Crippen molar-refractivity contribution in [3.8, 4) is 0 Å². The second-order valence-corrected chi connectivity index (χ2v) is 7.04. The van der Waals surface area contributed by atoms with Crippen molar-refractivity contribution in [2.24, 2.45) is 0 Å². The fourth-order valence-electron chi connectivity index (χ4n) is 2.92. The second kappa shape index (κ2) is 7.32. The predicted octanol–water partition coefficient (Wildman–Crippen LogP) is 2.02. The number of urea groups is 1. The fourth-order valence-corrected chi connectivity index (χ4v) is 2.92. The summed E-state index contributed by atoms with van der Waals surface area (Å²) in [6, 6.07) is 8.23. The molecule has 2 rings (SSSR count). The Morgan fingerprint density at radius 1 is 1.35 bits per heavy atom. The van der Waals surface area contributed by atoms with E-state index < -0.39 is 0 Å². The molecule has 0 aromatic heterocycles. The lowest BCUT2D eigenvalue weighted by atomic mass is 10.0. The van der Waals surface area contributed by atoms with Crippen LogP contribution < -0.4 is 5.32 Å². The van der Waals surface area contributed by atoms with Gasteiger partial charge in [-0.15, -0.1) is 0 Å². The van der Waals surface area contributed by atoms with Crippen LogP contribution >= 0.6 is 0 Å². The molecule has 2 amide bonds. The molecule has 0 radical (unpaired) electrons. The normalized spacial score (nSPS) is 17.2. The molecule has 23 heavy (non-hydrogen) atoms. The SMILES string of the molecule is CN(C)C(C)(C)CNC(=O)N(CCO)C1CCc2ccccc21. The van der Waals surface area contributed by atoms with Crippen molar-refractivity contribution in [2.45, 2.75) is 38.3 Å². The van der Waals surface area contributed by atoms with E-state index in [0.717, 1.165) is 12.8 Å². The molecule has 5 heteroatoms. The van der Waals surface area contributed by atoms with Gasteiger partial charge in [0.2, 0.25) is 0 Å². The van der Waals surface area contributed by atoms with Crippen LogP contribution in [0.25, 0.3) is 0 Å². The van der Waals surface area contributed by atoms with Crippen LogP contribution in [0.15, 0.2) is 24.3 Å². The van der Waals surface area contributed by atoms with Gasteiger partial charge in [-0.25, -0.2) is 4.79 Å². The lowest BCUT2D eigenvalue weighted by Crippen LogP contribution is -2.52. The Morgan fingerprint density at radius 3 is 2.70 bits per heavy atom. The number of benzene rings is 1. The maximum atomic E-state index is 12.7. The van der Waals surface area contributed by atoms with Gasteiger partial charge >= 0.3 is 6.03 Å². The van der Waals surface area contributed by atoms with E-state index in [4.69, 9.17) is 0 Å². The van der Waals surface area contributed by atoms with Gasteiger partial charge in [0.25, 0.3) is 0 Å². The molecule has 5 nitrogen and oxygen atoms in total. The number of carbonyl (C=O) groups is 1. The molecule has 1 aliphatic carbocycles. The molecule has 1 atom stereocenters. The summed E-state index contributed by atoms with van der Waals surface area (Å²) in [7, 11) is 4.01. The molecule has 0 aliphatic heterocycles. The van der Waals surface area contributed by atoms with E-state index in [-0.39, 0.29) is 24.2 Å². The van der Waals surface area contributed by atoms with Gasteiger partial charge < -0.3 is 20.2 Å². The van der Waals surface area contributed by atoms with E-state index in [1.165, 1.54) is 11.1 Å². The first kappa shape index (κ1) is 17.8. The van der Waals surface area contributed by atoms with Crippen molar-refractivity contribution in [1.29, 1.82) is 0 Å². The summed E-state index contributed by atoms with van der Waals surface area (Å²) in [5.41, 5.74) is 2.40. The van der Waals surface area contributed by atoms with E-state index in [0.29, 0.717) is 13.1 Å². The molecule has 1 aromatic rings. The van der Waals surface area contributed by atoms with Crippen LogP contribution in [0.4, 0.5) is 4.79 Å². The minimum atomic E-state index is -0.117. The van der Waals surface area contributed by atoms with Crippen LogP contribution in [0.2, 0.25) is 0 Å². The molecule has 1 aliphatic rings. The van der Waals surface area contributed by atoms with Gasteiger partial charge in [-0.05, 0) is 51.9 Å². The molecule has 0 heterocycles. The summed E-state index contributed by atoms with van der Waals surface area (Å²) in [6.07, 6.45) is 1.91. The Morgan fingerprint density at radius 2 is 2.04 bits per heavy atom. The van der Waals surface area contributed by atoms with Crippen molar-refractivity contribution in [3.05, 3.63) is 35.4 Å². The molecule has 0 fully saturated rings. The summed E-state index contributed by atoms with van der Waals surface area (Å²) < 4.78 is 0.